The van der Waals surface area contributed by atoms with Gasteiger partial charge in [-0.2, -0.15) is 0 Å². The van der Waals surface area contributed by atoms with Crippen LogP contribution in [-0.4, -0.2) is 64.7 Å². The van der Waals surface area contributed by atoms with Gasteiger partial charge in [-0.1, -0.05) is 67.9 Å². The highest BCUT2D eigenvalue weighted by Crippen LogP contribution is 2.32. The normalized spacial score (nSPS) is 12.0. The smallest absolute Gasteiger partial charge is 0.244 e. The van der Waals surface area contributed by atoms with Crippen LogP contribution in [0.2, 0.25) is 5.02 Å². The molecular formula is C31H38ClN3O6S. The first-order chi connectivity index (χ1) is 19.9. The van der Waals surface area contributed by atoms with Crippen molar-refractivity contribution in [1.29, 1.82) is 0 Å². The summed E-state index contributed by atoms with van der Waals surface area (Å²) in [5, 5.41) is 3.49. The Morgan fingerprint density at radius 3 is 2.12 bits per heavy atom. The van der Waals surface area contributed by atoms with Crippen molar-refractivity contribution >= 4 is 39.1 Å². The zero-order valence-corrected chi connectivity index (χ0v) is 26.1. The minimum atomic E-state index is -3.92. The fourth-order valence-corrected chi connectivity index (χ4v) is 5.32. The van der Waals surface area contributed by atoms with Crippen LogP contribution in [0.25, 0.3) is 0 Å². The van der Waals surface area contributed by atoms with Gasteiger partial charge in [0.05, 0.1) is 26.2 Å². The van der Waals surface area contributed by atoms with Crippen molar-refractivity contribution < 1.29 is 27.5 Å². The largest absolute Gasteiger partial charge is 0.493 e. The molecule has 1 atom stereocenters. The molecule has 9 nitrogen and oxygen atoms in total. The van der Waals surface area contributed by atoms with Crippen LogP contribution in [0.4, 0.5) is 5.69 Å². The fourth-order valence-electron chi connectivity index (χ4n) is 4.36. The number of ether oxygens (including phenoxy) is 2. The summed E-state index contributed by atoms with van der Waals surface area (Å²) in [5.41, 5.74) is 1.81. The molecule has 0 aliphatic heterocycles. The molecule has 0 bridgehead atoms. The van der Waals surface area contributed by atoms with E-state index in [1.54, 1.807) is 30.3 Å². The topological polar surface area (TPSA) is 105 Å². The van der Waals surface area contributed by atoms with Crippen LogP contribution in [-0.2, 0) is 32.6 Å². The molecule has 0 radical (unpaired) electrons. The van der Waals surface area contributed by atoms with Gasteiger partial charge in [0.15, 0.2) is 11.5 Å². The Hall–Kier alpha value is -3.76. The van der Waals surface area contributed by atoms with E-state index in [9.17, 15) is 18.0 Å². The van der Waals surface area contributed by atoms with E-state index in [2.05, 4.69) is 5.32 Å². The molecule has 0 fully saturated rings. The van der Waals surface area contributed by atoms with E-state index in [1.165, 1.54) is 31.3 Å². The van der Waals surface area contributed by atoms with Gasteiger partial charge >= 0.3 is 0 Å². The minimum Gasteiger partial charge on any atom is -0.493 e. The van der Waals surface area contributed by atoms with E-state index in [0.717, 1.165) is 21.7 Å². The Labute approximate surface area is 253 Å². The number of hydrogen-bond donors (Lipinski definition) is 1. The minimum absolute atomic E-state index is 0.0616. The molecule has 3 aromatic rings. The first-order valence-corrected chi connectivity index (χ1v) is 15.7. The fraction of sp³-hybridized carbons (Fsp3) is 0.355. The summed E-state index contributed by atoms with van der Waals surface area (Å²) in [5.74, 6) is 0.0366. The molecule has 226 valence electrons. The van der Waals surface area contributed by atoms with Gasteiger partial charge in [0.2, 0.25) is 21.8 Å². The number of carbonyl (C=O) groups excluding carboxylic acids is 2. The van der Waals surface area contributed by atoms with Gasteiger partial charge in [0, 0.05) is 30.6 Å². The summed E-state index contributed by atoms with van der Waals surface area (Å²) in [6, 6.07) is 20.0. The molecule has 0 aliphatic carbocycles. The van der Waals surface area contributed by atoms with Crippen LogP contribution in [0.1, 0.15) is 25.0 Å². The van der Waals surface area contributed by atoms with E-state index in [1.807, 2.05) is 44.2 Å². The lowest BCUT2D eigenvalue weighted by molar-refractivity contribution is -0.140. The van der Waals surface area contributed by atoms with Gasteiger partial charge < -0.3 is 19.7 Å². The van der Waals surface area contributed by atoms with E-state index in [0.29, 0.717) is 23.1 Å². The van der Waals surface area contributed by atoms with Crippen LogP contribution in [0, 0.1) is 5.92 Å². The second-order valence-electron chi connectivity index (χ2n) is 10.3. The number of benzene rings is 3. The van der Waals surface area contributed by atoms with Crippen molar-refractivity contribution in [3.8, 4) is 11.5 Å². The monoisotopic (exact) mass is 615 g/mol. The number of hydrogen-bond acceptors (Lipinski definition) is 6. The summed E-state index contributed by atoms with van der Waals surface area (Å²) >= 11 is 6.10. The lowest BCUT2D eigenvalue weighted by Gasteiger charge is -2.33. The number of anilines is 1. The Morgan fingerprint density at radius 2 is 1.55 bits per heavy atom. The maximum atomic E-state index is 14.2. The molecule has 1 N–H and O–H groups in total. The van der Waals surface area contributed by atoms with Gasteiger partial charge in [0.1, 0.15) is 12.6 Å². The van der Waals surface area contributed by atoms with Gasteiger partial charge in [0.25, 0.3) is 0 Å². The number of nitrogens with zero attached hydrogens (tertiary/aromatic N) is 2. The van der Waals surface area contributed by atoms with Gasteiger partial charge in [-0.25, -0.2) is 8.42 Å². The lowest BCUT2D eigenvalue weighted by Crippen LogP contribution is -2.53. The van der Waals surface area contributed by atoms with Crippen LogP contribution in [0.5, 0.6) is 11.5 Å². The van der Waals surface area contributed by atoms with Crippen LogP contribution in [0.3, 0.4) is 0 Å². The first kappa shape index (κ1) is 32.8. The standard InChI is InChI=1S/C31H38ClN3O6S/c1-22(2)19-33-31(37)27(17-23-9-7-6-8-10-23)34(20-24-11-13-25(32)14-12-24)30(36)21-35(42(5,38)39)26-15-16-28(40-3)29(18-26)41-4/h6-16,18,22,27H,17,19-21H2,1-5H3,(H,33,37). The third-order valence-corrected chi connectivity index (χ3v) is 7.95. The van der Waals surface area contributed by atoms with Gasteiger partial charge in [-0.15, -0.1) is 0 Å². The van der Waals surface area contributed by atoms with Crippen molar-refractivity contribution in [3.05, 3.63) is 88.9 Å². The number of rotatable bonds is 14. The average molecular weight is 616 g/mol. The second-order valence-corrected chi connectivity index (χ2v) is 12.6. The van der Waals surface area contributed by atoms with Crippen molar-refractivity contribution in [2.75, 3.05) is 37.9 Å². The Balaban J connectivity index is 2.06. The number of amides is 2. The van der Waals surface area contributed by atoms with E-state index in [4.69, 9.17) is 21.1 Å². The molecule has 11 heteroatoms. The molecular weight excluding hydrogens is 578 g/mol. The third-order valence-electron chi connectivity index (χ3n) is 6.56. The van der Waals surface area contributed by atoms with Crippen LogP contribution < -0.4 is 19.1 Å². The summed E-state index contributed by atoms with van der Waals surface area (Å²) in [7, 11) is -1.01. The predicted molar refractivity (Wildman–Crippen MR) is 166 cm³/mol. The van der Waals surface area contributed by atoms with Crippen molar-refractivity contribution in [1.82, 2.24) is 10.2 Å². The van der Waals surface area contributed by atoms with Crippen molar-refractivity contribution in [3.63, 3.8) is 0 Å². The highest BCUT2D eigenvalue weighted by atomic mass is 35.5. The van der Waals surface area contributed by atoms with E-state index < -0.39 is 28.5 Å². The molecule has 0 saturated carbocycles. The Kier molecular flexibility index (Phi) is 11.6. The highest BCUT2D eigenvalue weighted by Gasteiger charge is 2.33. The Morgan fingerprint density at radius 1 is 0.905 bits per heavy atom. The van der Waals surface area contributed by atoms with Crippen molar-refractivity contribution in [2.45, 2.75) is 32.9 Å². The predicted octanol–water partition coefficient (Wildman–Crippen LogP) is 4.54. The SMILES string of the molecule is COc1ccc(N(CC(=O)N(Cc2ccc(Cl)cc2)C(Cc2ccccc2)C(=O)NCC(C)C)S(C)(=O)=O)cc1OC. The molecule has 0 heterocycles. The third kappa shape index (κ3) is 9.12. The molecule has 42 heavy (non-hydrogen) atoms. The molecule has 3 rings (SSSR count). The number of methoxy groups -OCH3 is 2. The zero-order chi connectivity index (χ0) is 30.9. The molecule has 0 spiro atoms. The molecule has 0 aromatic heterocycles. The maximum Gasteiger partial charge on any atom is 0.244 e. The molecule has 1 unspecified atom stereocenters. The summed E-state index contributed by atoms with van der Waals surface area (Å²) in [4.78, 5) is 29.3. The number of carbonyl (C=O) groups is 2. The van der Waals surface area contributed by atoms with Crippen LogP contribution >= 0.6 is 11.6 Å². The number of nitrogens with one attached hydrogen (secondary N) is 1. The molecule has 3 aromatic carbocycles. The van der Waals surface area contributed by atoms with E-state index >= 15 is 0 Å². The second kappa shape index (κ2) is 14.9. The maximum absolute atomic E-state index is 14.2. The zero-order valence-electron chi connectivity index (χ0n) is 24.5. The Bertz CT molecular complexity index is 1450. The van der Waals surface area contributed by atoms with Crippen LogP contribution in [0.15, 0.2) is 72.8 Å². The summed E-state index contributed by atoms with van der Waals surface area (Å²) < 4.78 is 37.6. The quantitative estimate of drug-likeness (QED) is 0.286. The average Bonchev–Trinajstić information content (AvgIpc) is 2.96. The molecule has 0 saturated heterocycles. The molecule has 0 aliphatic rings. The van der Waals surface area contributed by atoms with Crippen molar-refractivity contribution in [2.24, 2.45) is 5.92 Å². The molecule has 2 amide bonds. The summed E-state index contributed by atoms with van der Waals surface area (Å²) in [6.45, 7) is 3.91. The van der Waals surface area contributed by atoms with E-state index in [-0.39, 0.29) is 30.5 Å². The number of halogens is 1. The lowest BCUT2D eigenvalue weighted by atomic mass is 10.0. The first-order valence-electron chi connectivity index (χ1n) is 13.5. The highest BCUT2D eigenvalue weighted by molar-refractivity contribution is 7.92. The van der Waals surface area contributed by atoms with Gasteiger partial charge in [-0.3, -0.25) is 13.9 Å². The number of sulfonamides is 1. The summed E-state index contributed by atoms with van der Waals surface area (Å²) in [6.07, 6.45) is 1.26. The van der Waals surface area contributed by atoms with Gasteiger partial charge in [-0.05, 0) is 41.3 Å².